The van der Waals surface area contributed by atoms with E-state index in [-0.39, 0.29) is 0 Å². The molecule has 1 unspecified atom stereocenters. The SMILES string of the molecule is CCCCCCCCCCCCCCCCCCCCCCC(C)C(C)(C)C. The van der Waals surface area contributed by atoms with Crippen molar-refractivity contribution in [3.8, 4) is 0 Å². The molecule has 0 heteroatoms. The first-order chi connectivity index (χ1) is 13.5. The zero-order chi connectivity index (χ0) is 20.9. The molecule has 0 rings (SSSR count). The fourth-order valence-corrected chi connectivity index (χ4v) is 4.14. The van der Waals surface area contributed by atoms with Gasteiger partial charge in [0.25, 0.3) is 0 Å². The van der Waals surface area contributed by atoms with Gasteiger partial charge in [0.05, 0.1) is 0 Å². The van der Waals surface area contributed by atoms with Gasteiger partial charge >= 0.3 is 0 Å². The maximum atomic E-state index is 2.43. The van der Waals surface area contributed by atoms with E-state index < -0.39 is 0 Å². The molecule has 170 valence electrons. The molecule has 0 aromatic carbocycles. The van der Waals surface area contributed by atoms with Gasteiger partial charge in [0.1, 0.15) is 0 Å². The van der Waals surface area contributed by atoms with Crippen LogP contribution in [0.25, 0.3) is 0 Å². The summed E-state index contributed by atoms with van der Waals surface area (Å²) in [6.07, 6.45) is 30.8. The van der Waals surface area contributed by atoms with Gasteiger partial charge in [0, 0.05) is 0 Å². The van der Waals surface area contributed by atoms with Crippen LogP contribution >= 0.6 is 0 Å². The largest absolute Gasteiger partial charge is 0.0654 e. The maximum Gasteiger partial charge on any atom is -0.0357 e. The van der Waals surface area contributed by atoms with Crippen LogP contribution in [0.3, 0.4) is 0 Å². The van der Waals surface area contributed by atoms with Gasteiger partial charge in [0.2, 0.25) is 0 Å². The van der Waals surface area contributed by atoms with E-state index >= 15 is 0 Å². The third kappa shape index (κ3) is 20.7. The molecule has 0 aliphatic carbocycles. The molecule has 1 atom stereocenters. The van der Waals surface area contributed by atoms with Crippen molar-refractivity contribution in [1.29, 1.82) is 0 Å². The summed E-state index contributed by atoms with van der Waals surface area (Å²) in [7, 11) is 0. The zero-order valence-electron chi connectivity index (χ0n) is 20.9. The number of hydrogen-bond donors (Lipinski definition) is 0. The predicted octanol–water partition coefficient (Wildman–Crippen LogP) is 10.9. The molecule has 0 aromatic heterocycles. The van der Waals surface area contributed by atoms with Crippen LogP contribution in [0.1, 0.15) is 169 Å². The summed E-state index contributed by atoms with van der Waals surface area (Å²) in [6.45, 7) is 11.9. The second-order valence-electron chi connectivity index (χ2n) is 10.8. The Kier molecular flexibility index (Phi) is 20.3. The van der Waals surface area contributed by atoms with Gasteiger partial charge in [-0.2, -0.15) is 0 Å². The van der Waals surface area contributed by atoms with Crippen molar-refractivity contribution in [3.05, 3.63) is 0 Å². The summed E-state index contributed by atoms with van der Waals surface area (Å²) in [5.41, 5.74) is 0.494. The summed E-state index contributed by atoms with van der Waals surface area (Å²) >= 11 is 0. The third-order valence-corrected chi connectivity index (χ3v) is 6.97. The average Bonchev–Trinajstić information content (AvgIpc) is 2.65. The van der Waals surface area contributed by atoms with Gasteiger partial charge in [-0.3, -0.25) is 0 Å². The number of rotatable bonds is 21. The average molecular weight is 395 g/mol. The molecule has 0 nitrogen and oxygen atoms in total. The summed E-state index contributed by atoms with van der Waals surface area (Å²) in [4.78, 5) is 0. The van der Waals surface area contributed by atoms with Crippen molar-refractivity contribution in [2.75, 3.05) is 0 Å². The maximum absolute atomic E-state index is 2.43. The Morgan fingerprint density at radius 2 is 0.679 bits per heavy atom. The normalized spacial score (nSPS) is 13.2. The van der Waals surface area contributed by atoms with E-state index in [1.807, 2.05) is 0 Å². The summed E-state index contributed by atoms with van der Waals surface area (Å²) in [6, 6.07) is 0. The minimum Gasteiger partial charge on any atom is -0.0654 e. The Morgan fingerprint density at radius 3 is 0.929 bits per heavy atom. The number of hydrogen-bond acceptors (Lipinski definition) is 0. The fourth-order valence-electron chi connectivity index (χ4n) is 4.14. The van der Waals surface area contributed by atoms with E-state index in [0.29, 0.717) is 5.41 Å². The highest BCUT2D eigenvalue weighted by Gasteiger charge is 2.18. The van der Waals surface area contributed by atoms with Crippen molar-refractivity contribution in [2.24, 2.45) is 11.3 Å². The fraction of sp³-hybridized carbons (Fsp3) is 1.00. The van der Waals surface area contributed by atoms with E-state index in [1.54, 1.807) is 0 Å². The van der Waals surface area contributed by atoms with Gasteiger partial charge in [-0.25, -0.2) is 0 Å². The van der Waals surface area contributed by atoms with Crippen LogP contribution in [0.2, 0.25) is 0 Å². The van der Waals surface area contributed by atoms with Crippen LogP contribution in [0.4, 0.5) is 0 Å². The number of unbranched alkanes of at least 4 members (excludes halogenated alkanes) is 19. The Hall–Kier alpha value is 0. The van der Waals surface area contributed by atoms with Crippen LogP contribution in [0.15, 0.2) is 0 Å². The quantitative estimate of drug-likeness (QED) is 0.170. The van der Waals surface area contributed by atoms with Gasteiger partial charge in [0.15, 0.2) is 0 Å². The molecule has 0 saturated heterocycles. The molecular weight excluding hydrogens is 336 g/mol. The summed E-state index contributed by atoms with van der Waals surface area (Å²) in [5, 5.41) is 0. The molecule has 28 heavy (non-hydrogen) atoms. The van der Waals surface area contributed by atoms with Gasteiger partial charge in [-0.15, -0.1) is 0 Å². The Bertz CT molecular complexity index is 285. The molecule has 0 amide bonds. The lowest BCUT2D eigenvalue weighted by atomic mass is 9.79. The van der Waals surface area contributed by atoms with Crippen LogP contribution in [0, 0.1) is 11.3 Å². The summed E-state index contributed by atoms with van der Waals surface area (Å²) < 4.78 is 0. The van der Waals surface area contributed by atoms with Crippen molar-refractivity contribution in [1.82, 2.24) is 0 Å². The third-order valence-electron chi connectivity index (χ3n) is 6.97. The lowest BCUT2D eigenvalue weighted by molar-refractivity contribution is 0.240. The van der Waals surface area contributed by atoms with Crippen molar-refractivity contribution >= 4 is 0 Å². The van der Waals surface area contributed by atoms with Gasteiger partial charge < -0.3 is 0 Å². The second kappa shape index (κ2) is 20.3. The lowest BCUT2D eigenvalue weighted by Crippen LogP contribution is -2.16. The molecule has 0 aliphatic heterocycles. The highest BCUT2D eigenvalue weighted by atomic mass is 14.2. The first kappa shape index (κ1) is 28.0. The molecule has 0 spiro atoms. The molecule has 0 fully saturated rings. The van der Waals surface area contributed by atoms with Crippen LogP contribution in [-0.4, -0.2) is 0 Å². The van der Waals surface area contributed by atoms with E-state index in [2.05, 4.69) is 34.6 Å². The standard InChI is InChI=1S/C28H58/c1-6-7-8-9-10-11-12-13-14-15-16-17-18-19-20-21-22-23-24-25-26-27(2)28(3,4)5/h27H,6-26H2,1-5H3. The molecule has 0 N–H and O–H groups in total. The Labute approximate surface area is 181 Å². The minimum atomic E-state index is 0.494. The van der Waals surface area contributed by atoms with Crippen molar-refractivity contribution in [3.63, 3.8) is 0 Å². The minimum absolute atomic E-state index is 0.494. The monoisotopic (exact) mass is 394 g/mol. The molecular formula is C28H58. The molecule has 0 saturated carbocycles. The molecule has 0 bridgehead atoms. The lowest BCUT2D eigenvalue weighted by Gasteiger charge is -2.27. The first-order valence-corrected chi connectivity index (χ1v) is 13.5. The first-order valence-electron chi connectivity index (χ1n) is 13.5. The smallest absolute Gasteiger partial charge is 0.0357 e. The van der Waals surface area contributed by atoms with Gasteiger partial charge in [-0.1, -0.05) is 169 Å². The zero-order valence-corrected chi connectivity index (χ0v) is 20.9. The molecule has 0 radical (unpaired) electrons. The van der Waals surface area contributed by atoms with Crippen LogP contribution < -0.4 is 0 Å². The van der Waals surface area contributed by atoms with E-state index in [4.69, 9.17) is 0 Å². The highest BCUT2D eigenvalue weighted by molar-refractivity contribution is 4.69. The van der Waals surface area contributed by atoms with Gasteiger partial charge in [-0.05, 0) is 11.3 Å². The summed E-state index contributed by atoms with van der Waals surface area (Å²) in [5.74, 6) is 0.864. The van der Waals surface area contributed by atoms with E-state index in [9.17, 15) is 0 Å². The second-order valence-corrected chi connectivity index (χ2v) is 10.8. The van der Waals surface area contributed by atoms with Crippen molar-refractivity contribution < 1.29 is 0 Å². The van der Waals surface area contributed by atoms with Crippen LogP contribution in [-0.2, 0) is 0 Å². The van der Waals surface area contributed by atoms with Crippen molar-refractivity contribution in [2.45, 2.75) is 169 Å². The predicted molar refractivity (Wildman–Crippen MR) is 131 cm³/mol. The molecule has 0 heterocycles. The Morgan fingerprint density at radius 1 is 0.429 bits per heavy atom. The highest BCUT2D eigenvalue weighted by Crippen LogP contribution is 2.29. The van der Waals surface area contributed by atoms with E-state index in [0.717, 1.165) is 5.92 Å². The topological polar surface area (TPSA) is 0 Å². The Balaban J connectivity index is 3.09. The molecule has 0 aromatic rings. The van der Waals surface area contributed by atoms with E-state index in [1.165, 1.54) is 135 Å². The molecule has 0 aliphatic rings. The van der Waals surface area contributed by atoms with Crippen LogP contribution in [0.5, 0.6) is 0 Å².